The summed E-state index contributed by atoms with van der Waals surface area (Å²) in [4.78, 5) is 40.1. The van der Waals surface area contributed by atoms with Gasteiger partial charge in [-0.25, -0.2) is 0 Å². The van der Waals surface area contributed by atoms with E-state index in [2.05, 4.69) is 23.8 Å². The Morgan fingerprint density at radius 3 is 1.73 bits per heavy atom. The summed E-state index contributed by atoms with van der Waals surface area (Å²) in [7, 11) is 0. The van der Waals surface area contributed by atoms with E-state index in [1.165, 1.54) is 0 Å². The van der Waals surface area contributed by atoms with E-state index in [4.69, 9.17) is 9.47 Å². The van der Waals surface area contributed by atoms with Crippen LogP contribution in [0.3, 0.4) is 0 Å². The van der Waals surface area contributed by atoms with Gasteiger partial charge < -0.3 is 25.2 Å². The highest BCUT2D eigenvalue weighted by Gasteiger charge is 2.27. The molecule has 8 heteroatoms. The third-order valence-corrected chi connectivity index (χ3v) is 8.70. The molecule has 0 fully saturated rings. The maximum absolute atomic E-state index is 13.7. The van der Waals surface area contributed by atoms with Crippen LogP contribution in [-0.2, 0) is 45.0 Å². The molecule has 0 saturated heterocycles. The van der Waals surface area contributed by atoms with E-state index >= 15 is 0 Å². The van der Waals surface area contributed by atoms with Gasteiger partial charge in [0.25, 0.3) is 0 Å². The summed E-state index contributed by atoms with van der Waals surface area (Å²) in [6, 6.07) is 35.8. The number of rotatable bonds is 22. The molecule has 3 N–H and O–H groups in total. The second-order valence-corrected chi connectivity index (χ2v) is 12.9. The molecule has 0 aliphatic heterocycles. The highest BCUT2D eigenvalue weighted by atomic mass is 16.5. The Morgan fingerprint density at radius 2 is 1.15 bits per heavy atom. The van der Waals surface area contributed by atoms with E-state index in [1.54, 1.807) is 12.2 Å². The molecule has 0 unspecified atom stereocenters. The lowest BCUT2D eigenvalue weighted by Crippen LogP contribution is -2.45. The van der Waals surface area contributed by atoms with E-state index in [9.17, 15) is 19.5 Å². The van der Waals surface area contributed by atoms with Gasteiger partial charge in [-0.2, -0.15) is 0 Å². The van der Waals surface area contributed by atoms with Crippen molar-refractivity contribution < 1.29 is 29.0 Å². The molecule has 8 nitrogen and oxygen atoms in total. The van der Waals surface area contributed by atoms with Gasteiger partial charge in [-0.3, -0.25) is 14.4 Å². The number of allylic oxidation sites excluding steroid dienone is 2. The molecule has 4 rings (SSSR count). The number of aliphatic hydroxyl groups excluding tert-OH is 1. The first kappa shape index (κ1) is 39.3. The summed E-state index contributed by atoms with van der Waals surface area (Å²) < 4.78 is 11.7. The fourth-order valence-corrected chi connectivity index (χ4v) is 5.94. The second kappa shape index (κ2) is 21.7. The Hall–Kier alpha value is -5.47. The number of hydrogen-bond donors (Lipinski definition) is 3. The van der Waals surface area contributed by atoms with Crippen molar-refractivity contribution >= 4 is 17.8 Å². The summed E-state index contributed by atoms with van der Waals surface area (Å²) in [6.07, 6.45) is 5.30. The lowest BCUT2D eigenvalue weighted by molar-refractivity contribution is -0.149. The van der Waals surface area contributed by atoms with E-state index in [0.717, 1.165) is 28.0 Å². The van der Waals surface area contributed by atoms with Crippen LogP contribution in [0.15, 0.2) is 141 Å². The molecule has 2 amide bonds. The van der Waals surface area contributed by atoms with Gasteiger partial charge in [0.1, 0.15) is 19.0 Å². The number of benzene rings is 4. The smallest absolute Gasteiger partial charge is 0.309 e. The van der Waals surface area contributed by atoms with Gasteiger partial charge in [-0.1, -0.05) is 115 Å². The van der Waals surface area contributed by atoms with Crippen LogP contribution in [0.25, 0.3) is 0 Å². The molecular weight excluding hydrogens is 652 g/mol. The maximum Gasteiger partial charge on any atom is 0.309 e. The monoisotopic (exact) mass is 702 g/mol. The fourth-order valence-electron chi connectivity index (χ4n) is 5.94. The molecule has 0 radical (unpaired) electrons. The fraction of sp³-hybridized carbons (Fsp3) is 0.295. The minimum Gasteiger partial charge on any atom is -0.489 e. The summed E-state index contributed by atoms with van der Waals surface area (Å²) >= 11 is 0. The molecule has 4 aromatic carbocycles. The molecule has 0 saturated carbocycles. The van der Waals surface area contributed by atoms with Gasteiger partial charge in [-0.15, -0.1) is 13.2 Å². The number of hydrogen-bond acceptors (Lipinski definition) is 6. The minimum absolute atomic E-state index is 0.0302. The van der Waals surface area contributed by atoms with Crippen LogP contribution in [0, 0.1) is 11.8 Å². The zero-order chi connectivity index (χ0) is 37.0. The third-order valence-electron chi connectivity index (χ3n) is 8.70. The second-order valence-electron chi connectivity index (χ2n) is 12.9. The third kappa shape index (κ3) is 13.7. The Kier molecular flexibility index (Phi) is 16.4. The summed E-state index contributed by atoms with van der Waals surface area (Å²) in [5, 5.41) is 16.0. The van der Waals surface area contributed by atoms with Crippen LogP contribution in [0.1, 0.15) is 41.5 Å². The van der Waals surface area contributed by atoms with Crippen molar-refractivity contribution in [3.63, 3.8) is 0 Å². The van der Waals surface area contributed by atoms with Crippen molar-refractivity contribution in [2.24, 2.45) is 11.8 Å². The van der Waals surface area contributed by atoms with Crippen LogP contribution in [-0.4, -0.2) is 48.2 Å². The predicted molar refractivity (Wildman–Crippen MR) is 204 cm³/mol. The number of amides is 2. The van der Waals surface area contributed by atoms with E-state index in [1.807, 2.05) is 115 Å². The van der Waals surface area contributed by atoms with E-state index < -0.39 is 23.9 Å². The number of carbonyl (C=O) groups is 3. The Morgan fingerprint density at radius 1 is 0.635 bits per heavy atom. The number of esters is 1. The molecule has 0 heterocycles. The van der Waals surface area contributed by atoms with Crippen molar-refractivity contribution in [3.8, 4) is 5.75 Å². The lowest BCUT2D eigenvalue weighted by Gasteiger charge is -2.24. The average molecular weight is 703 g/mol. The maximum atomic E-state index is 13.7. The van der Waals surface area contributed by atoms with Crippen molar-refractivity contribution in [1.29, 1.82) is 0 Å². The van der Waals surface area contributed by atoms with E-state index in [0.29, 0.717) is 32.3 Å². The molecule has 4 aromatic rings. The zero-order valence-electron chi connectivity index (χ0n) is 29.7. The standard InChI is InChI=1S/C44H50N2O6/c1-3-14-37(29-42(48)45-39(30-47)27-35-22-24-41(25-23-35)51-31-36-20-12-7-13-21-36)43(49)46-40(28-34-18-10-6-11-19-34)32-52-44(50)38(15-4-2)26-33-16-8-5-9-17-33/h3-13,16-25,37-40,47H,1-2,14-15,26-32H2,(H,45,48)(H,46,49)/t37-,38-,39+,40-/m1/s1. The van der Waals surface area contributed by atoms with Crippen LogP contribution >= 0.6 is 0 Å². The molecule has 0 spiro atoms. The average Bonchev–Trinajstić information content (AvgIpc) is 3.17. The van der Waals surface area contributed by atoms with Gasteiger partial charge in [-0.05, 0) is 66.5 Å². The summed E-state index contributed by atoms with van der Waals surface area (Å²) in [6.45, 7) is 7.77. The summed E-state index contributed by atoms with van der Waals surface area (Å²) in [5.74, 6) is -1.45. The van der Waals surface area contributed by atoms with Gasteiger partial charge in [0.2, 0.25) is 11.8 Å². The minimum atomic E-state index is -0.710. The number of aliphatic hydroxyl groups is 1. The number of nitrogens with one attached hydrogen (secondary N) is 2. The van der Waals surface area contributed by atoms with Crippen LogP contribution < -0.4 is 15.4 Å². The quantitative estimate of drug-likeness (QED) is 0.0631. The zero-order valence-corrected chi connectivity index (χ0v) is 29.7. The van der Waals surface area contributed by atoms with Crippen molar-refractivity contribution in [1.82, 2.24) is 10.6 Å². The Balaban J connectivity index is 1.33. The van der Waals surface area contributed by atoms with Crippen molar-refractivity contribution in [2.45, 2.75) is 57.2 Å². The molecular formula is C44H50N2O6. The highest BCUT2D eigenvalue weighted by molar-refractivity contribution is 5.86. The van der Waals surface area contributed by atoms with Gasteiger partial charge >= 0.3 is 5.97 Å². The first-order valence-electron chi connectivity index (χ1n) is 17.8. The predicted octanol–water partition coefficient (Wildman–Crippen LogP) is 6.57. The number of ether oxygens (including phenoxy) is 2. The molecule has 0 bridgehead atoms. The SMILES string of the molecule is C=CC[C@H](CC(=O)N[C@H](CO)Cc1ccc(OCc2ccccc2)cc1)C(=O)N[C@@H](COC(=O)[C@H](CC=C)Cc1ccccc1)Cc1ccccc1. The Bertz CT molecular complexity index is 1680. The normalized spacial score (nSPS) is 13.1. The topological polar surface area (TPSA) is 114 Å². The van der Waals surface area contributed by atoms with E-state index in [-0.39, 0.29) is 43.8 Å². The molecule has 52 heavy (non-hydrogen) atoms. The lowest BCUT2D eigenvalue weighted by atomic mass is 9.96. The molecule has 0 aliphatic carbocycles. The molecule has 0 aliphatic rings. The van der Waals surface area contributed by atoms with Crippen LogP contribution in [0.5, 0.6) is 5.75 Å². The van der Waals surface area contributed by atoms with Gasteiger partial charge in [0.15, 0.2) is 0 Å². The first-order chi connectivity index (χ1) is 25.4. The van der Waals surface area contributed by atoms with Crippen molar-refractivity contribution in [3.05, 3.63) is 163 Å². The molecule has 0 aromatic heterocycles. The first-order valence-corrected chi connectivity index (χ1v) is 17.8. The highest BCUT2D eigenvalue weighted by Crippen LogP contribution is 2.18. The molecule has 4 atom stereocenters. The summed E-state index contributed by atoms with van der Waals surface area (Å²) in [5.41, 5.74) is 3.98. The van der Waals surface area contributed by atoms with Crippen molar-refractivity contribution in [2.75, 3.05) is 13.2 Å². The van der Waals surface area contributed by atoms with Gasteiger partial charge in [0, 0.05) is 6.42 Å². The Labute approximate surface area is 307 Å². The molecule has 272 valence electrons. The van der Waals surface area contributed by atoms with Crippen LogP contribution in [0.4, 0.5) is 0 Å². The van der Waals surface area contributed by atoms with Crippen LogP contribution in [0.2, 0.25) is 0 Å². The van der Waals surface area contributed by atoms with Gasteiger partial charge in [0.05, 0.1) is 30.5 Å². The largest absolute Gasteiger partial charge is 0.489 e. The number of carbonyl (C=O) groups excluding carboxylic acids is 3.